The van der Waals surface area contributed by atoms with Crippen LogP contribution in [0.1, 0.15) is 38.5 Å². The van der Waals surface area contributed by atoms with E-state index in [2.05, 4.69) is 24.8 Å². The molecule has 2 unspecified atom stereocenters. The maximum Gasteiger partial charge on any atom is 0.121 e. The number of hydrogen-bond acceptors (Lipinski definition) is 3. The Morgan fingerprint density at radius 3 is 2.94 bits per heavy atom. The Kier molecular flexibility index (Phi) is 3.66. The van der Waals surface area contributed by atoms with Crippen LogP contribution in [-0.2, 0) is 0 Å². The largest absolute Gasteiger partial charge is 0.468 e. The van der Waals surface area contributed by atoms with Crippen molar-refractivity contribution in [3.05, 3.63) is 24.2 Å². The van der Waals surface area contributed by atoms with Gasteiger partial charge < -0.3 is 10.2 Å². The fraction of sp³-hybridized carbons (Fsp3) is 0.692. The summed E-state index contributed by atoms with van der Waals surface area (Å²) in [5.41, 5.74) is 5.89. The molecule has 0 saturated carbocycles. The van der Waals surface area contributed by atoms with Crippen molar-refractivity contribution in [2.75, 3.05) is 13.1 Å². The third kappa shape index (κ3) is 2.15. The SMILES string of the molecule is CC(C)N1CCCC(CN)C1c1ccco1. The highest BCUT2D eigenvalue weighted by Crippen LogP contribution is 2.36. The summed E-state index contributed by atoms with van der Waals surface area (Å²) in [6.07, 6.45) is 4.22. The van der Waals surface area contributed by atoms with E-state index in [0.29, 0.717) is 18.0 Å². The van der Waals surface area contributed by atoms with Crippen molar-refractivity contribution in [3.8, 4) is 0 Å². The van der Waals surface area contributed by atoms with E-state index in [0.717, 1.165) is 18.8 Å². The normalized spacial score (nSPS) is 27.5. The van der Waals surface area contributed by atoms with Gasteiger partial charge in [0.15, 0.2) is 0 Å². The third-order valence-corrected chi connectivity index (χ3v) is 3.60. The first kappa shape index (κ1) is 11.7. The van der Waals surface area contributed by atoms with E-state index in [1.165, 1.54) is 12.8 Å². The molecule has 1 saturated heterocycles. The van der Waals surface area contributed by atoms with E-state index < -0.39 is 0 Å². The van der Waals surface area contributed by atoms with Gasteiger partial charge in [-0.15, -0.1) is 0 Å². The molecule has 1 aromatic heterocycles. The maximum absolute atomic E-state index is 5.89. The summed E-state index contributed by atoms with van der Waals surface area (Å²) in [7, 11) is 0. The lowest BCUT2D eigenvalue weighted by Crippen LogP contribution is -2.44. The van der Waals surface area contributed by atoms with Gasteiger partial charge in [-0.2, -0.15) is 0 Å². The Labute approximate surface area is 97.6 Å². The van der Waals surface area contributed by atoms with Gasteiger partial charge in [0.1, 0.15) is 5.76 Å². The Bertz CT molecular complexity index is 308. The van der Waals surface area contributed by atoms with Crippen LogP contribution in [0.25, 0.3) is 0 Å². The lowest BCUT2D eigenvalue weighted by Gasteiger charge is -2.42. The van der Waals surface area contributed by atoms with Crippen LogP contribution in [0.2, 0.25) is 0 Å². The Morgan fingerprint density at radius 1 is 1.56 bits per heavy atom. The van der Waals surface area contributed by atoms with Crippen molar-refractivity contribution in [3.63, 3.8) is 0 Å². The van der Waals surface area contributed by atoms with E-state index in [1.54, 1.807) is 6.26 Å². The molecular formula is C13H22N2O. The van der Waals surface area contributed by atoms with Crippen molar-refractivity contribution in [2.24, 2.45) is 11.7 Å². The zero-order chi connectivity index (χ0) is 11.5. The molecule has 1 aliphatic rings. The van der Waals surface area contributed by atoms with Gasteiger partial charge in [0, 0.05) is 6.04 Å². The second-order valence-electron chi connectivity index (χ2n) is 4.93. The van der Waals surface area contributed by atoms with Crippen LogP contribution >= 0.6 is 0 Å². The first-order chi connectivity index (χ1) is 7.74. The molecule has 3 heteroatoms. The van der Waals surface area contributed by atoms with E-state index in [4.69, 9.17) is 10.2 Å². The second-order valence-corrected chi connectivity index (χ2v) is 4.93. The average molecular weight is 222 g/mol. The topological polar surface area (TPSA) is 42.4 Å². The number of nitrogens with zero attached hydrogens (tertiary/aromatic N) is 1. The minimum Gasteiger partial charge on any atom is -0.468 e. The van der Waals surface area contributed by atoms with Gasteiger partial charge in [-0.25, -0.2) is 0 Å². The van der Waals surface area contributed by atoms with Crippen LogP contribution in [0.15, 0.2) is 22.8 Å². The molecule has 16 heavy (non-hydrogen) atoms. The van der Waals surface area contributed by atoms with Gasteiger partial charge in [-0.1, -0.05) is 0 Å². The van der Waals surface area contributed by atoms with Crippen LogP contribution in [-0.4, -0.2) is 24.0 Å². The summed E-state index contributed by atoms with van der Waals surface area (Å²) in [5.74, 6) is 1.60. The molecule has 2 atom stereocenters. The summed E-state index contributed by atoms with van der Waals surface area (Å²) in [5, 5.41) is 0. The number of furan rings is 1. The van der Waals surface area contributed by atoms with Crippen LogP contribution in [0.5, 0.6) is 0 Å². The van der Waals surface area contributed by atoms with Crippen LogP contribution < -0.4 is 5.73 Å². The molecule has 0 aliphatic carbocycles. The molecule has 0 spiro atoms. The molecule has 3 nitrogen and oxygen atoms in total. The highest BCUT2D eigenvalue weighted by Gasteiger charge is 2.34. The van der Waals surface area contributed by atoms with Crippen molar-refractivity contribution in [2.45, 2.75) is 38.8 Å². The Hall–Kier alpha value is -0.800. The fourth-order valence-electron chi connectivity index (χ4n) is 2.79. The van der Waals surface area contributed by atoms with Crippen LogP contribution in [0.3, 0.4) is 0 Å². The highest BCUT2D eigenvalue weighted by atomic mass is 16.3. The molecule has 0 radical (unpaired) electrons. The van der Waals surface area contributed by atoms with E-state index in [1.807, 2.05) is 6.07 Å². The second kappa shape index (κ2) is 5.02. The first-order valence-corrected chi connectivity index (χ1v) is 6.23. The molecule has 1 aromatic rings. The average Bonchev–Trinajstić information content (AvgIpc) is 2.81. The minimum absolute atomic E-state index is 0.369. The molecule has 0 bridgehead atoms. The van der Waals surface area contributed by atoms with Crippen molar-refractivity contribution in [1.82, 2.24) is 4.90 Å². The highest BCUT2D eigenvalue weighted by molar-refractivity contribution is 5.08. The molecule has 2 rings (SSSR count). The zero-order valence-electron chi connectivity index (χ0n) is 10.2. The van der Waals surface area contributed by atoms with Gasteiger partial charge in [-0.3, -0.25) is 4.90 Å². The number of piperidine rings is 1. The quantitative estimate of drug-likeness (QED) is 0.854. The molecule has 0 amide bonds. The standard InChI is InChI=1S/C13H22N2O/c1-10(2)15-7-3-5-11(9-14)13(15)12-6-4-8-16-12/h4,6,8,10-11,13H,3,5,7,9,14H2,1-2H3. The van der Waals surface area contributed by atoms with Crippen molar-refractivity contribution >= 4 is 0 Å². The van der Waals surface area contributed by atoms with E-state index in [9.17, 15) is 0 Å². The van der Waals surface area contributed by atoms with Crippen LogP contribution in [0, 0.1) is 5.92 Å². The molecule has 0 aromatic carbocycles. The fourth-order valence-corrected chi connectivity index (χ4v) is 2.79. The summed E-state index contributed by atoms with van der Waals surface area (Å²) >= 11 is 0. The molecule has 2 heterocycles. The maximum atomic E-state index is 5.89. The number of hydrogen-bond donors (Lipinski definition) is 1. The Morgan fingerprint density at radius 2 is 2.38 bits per heavy atom. The first-order valence-electron chi connectivity index (χ1n) is 6.23. The van der Waals surface area contributed by atoms with Gasteiger partial charge in [0.05, 0.1) is 12.3 Å². The van der Waals surface area contributed by atoms with Gasteiger partial charge in [-0.05, 0) is 57.8 Å². The summed E-state index contributed by atoms with van der Waals surface area (Å²) in [6.45, 7) is 6.39. The predicted octanol–water partition coefficient (Wildman–Crippen LogP) is 2.40. The molecule has 2 N–H and O–H groups in total. The molecule has 1 fully saturated rings. The molecule has 90 valence electrons. The monoisotopic (exact) mass is 222 g/mol. The lowest BCUT2D eigenvalue weighted by atomic mass is 9.86. The summed E-state index contributed by atoms with van der Waals surface area (Å²) in [6, 6.07) is 4.96. The smallest absolute Gasteiger partial charge is 0.121 e. The van der Waals surface area contributed by atoms with Gasteiger partial charge in [0.25, 0.3) is 0 Å². The molecular weight excluding hydrogens is 200 g/mol. The molecule has 1 aliphatic heterocycles. The number of likely N-dealkylation sites (tertiary alicyclic amines) is 1. The third-order valence-electron chi connectivity index (χ3n) is 3.60. The number of rotatable bonds is 3. The lowest BCUT2D eigenvalue weighted by molar-refractivity contribution is 0.0524. The van der Waals surface area contributed by atoms with Crippen LogP contribution in [0.4, 0.5) is 0 Å². The minimum atomic E-state index is 0.369. The predicted molar refractivity (Wildman–Crippen MR) is 65.1 cm³/mol. The van der Waals surface area contributed by atoms with Crippen molar-refractivity contribution in [1.29, 1.82) is 0 Å². The number of nitrogens with two attached hydrogens (primary N) is 1. The van der Waals surface area contributed by atoms with Gasteiger partial charge in [0.2, 0.25) is 0 Å². The van der Waals surface area contributed by atoms with Gasteiger partial charge >= 0.3 is 0 Å². The van der Waals surface area contributed by atoms with E-state index in [-0.39, 0.29) is 0 Å². The van der Waals surface area contributed by atoms with Crippen molar-refractivity contribution < 1.29 is 4.42 Å². The Balaban J connectivity index is 2.24. The summed E-state index contributed by atoms with van der Waals surface area (Å²) in [4.78, 5) is 2.51. The summed E-state index contributed by atoms with van der Waals surface area (Å²) < 4.78 is 5.59. The van der Waals surface area contributed by atoms with E-state index >= 15 is 0 Å². The zero-order valence-corrected chi connectivity index (χ0v) is 10.2.